The summed E-state index contributed by atoms with van der Waals surface area (Å²) in [5, 5.41) is 0. The molecule has 0 radical (unpaired) electrons. The van der Waals surface area contributed by atoms with Crippen LogP contribution in [-0.2, 0) is 53.5 Å². The third-order valence-corrected chi connectivity index (χ3v) is 9.53. The van der Waals surface area contributed by atoms with Crippen LogP contribution in [0.25, 0.3) is 0 Å². The quantitative estimate of drug-likeness (QED) is 0.0591. The van der Waals surface area contributed by atoms with E-state index in [4.69, 9.17) is 23.5 Å². The summed E-state index contributed by atoms with van der Waals surface area (Å²) in [5.74, 6) is 0. The first-order valence-electron chi connectivity index (χ1n) is 17.9. The van der Waals surface area contributed by atoms with Gasteiger partial charge in [0, 0.05) is 0 Å². The van der Waals surface area contributed by atoms with Crippen molar-refractivity contribution in [1.29, 1.82) is 0 Å². The molecular weight excluding hydrogens is 699 g/mol. The molecule has 278 valence electrons. The minimum absolute atomic E-state index is 0.00786. The molecule has 0 bridgehead atoms. The standard InChI is InChI=1S/C45H45O8P/c46-54(47,48)53-35-43(50-32-37-21-9-2-10-22-37)44(51-33-38-23-11-3-12-24-38)42(49-31-36-19-7-1-8-20-36)34-52-45(39-25-13-4-14-26-39,40-27-15-5-16-28-40)41-29-17-6-18-30-41/h1-30,42-44H,31-35H2,(H2,46,47,48)/t42-,43+,44-/m1/s1. The summed E-state index contributed by atoms with van der Waals surface area (Å²) < 4.78 is 44.5. The second-order valence-corrected chi connectivity index (χ2v) is 14.0. The van der Waals surface area contributed by atoms with Gasteiger partial charge in [0.15, 0.2) is 0 Å². The van der Waals surface area contributed by atoms with Crippen LogP contribution in [0, 0.1) is 0 Å². The molecule has 3 atom stereocenters. The molecule has 0 saturated heterocycles. The summed E-state index contributed by atoms with van der Waals surface area (Å²) in [7, 11) is -4.90. The van der Waals surface area contributed by atoms with Gasteiger partial charge in [0.25, 0.3) is 0 Å². The van der Waals surface area contributed by atoms with Crippen LogP contribution in [0.2, 0.25) is 0 Å². The number of ether oxygens (including phenoxy) is 4. The van der Waals surface area contributed by atoms with Crippen molar-refractivity contribution in [3.05, 3.63) is 215 Å². The minimum atomic E-state index is -4.90. The lowest BCUT2D eigenvalue weighted by atomic mass is 9.80. The maximum atomic E-state index is 12.1. The largest absolute Gasteiger partial charge is 0.469 e. The molecule has 0 aliphatic heterocycles. The SMILES string of the molecule is O=P(O)(O)OC[C@H](OCc1ccccc1)[C@H](OCc1ccccc1)[C@@H](COC(c1ccccc1)(c1ccccc1)c1ccccc1)OCc1ccccc1. The van der Waals surface area contributed by atoms with Crippen molar-refractivity contribution in [2.75, 3.05) is 13.2 Å². The predicted octanol–water partition coefficient (Wildman–Crippen LogP) is 8.86. The number of phosphoric ester groups is 1. The van der Waals surface area contributed by atoms with E-state index in [1.165, 1.54) is 0 Å². The normalized spacial score (nSPS) is 13.6. The minimum Gasteiger partial charge on any atom is -0.368 e. The van der Waals surface area contributed by atoms with E-state index < -0.39 is 38.3 Å². The highest BCUT2D eigenvalue weighted by molar-refractivity contribution is 7.46. The van der Waals surface area contributed by atoms with Crippen LogP contribution in [0.1, 0.15) is 33.4 Å². The molecule has 0 heterocycles. The maximum absolute atomic E-state index is 12.1. The molecule has 9 heteroatoms. The van der Waals surface area contributed by atoms with Gasteiger partial charge in [0.1, 0.15) is 23.9 Å². The van der Waals surface area contributed by atoms with E-state index in [0.717, 1.165) is 33.4 Å². The Bertz CT molecular complexity index is 1880. The molecular formula is C45H45O8P. The maximum Gasteiger partial charge on any atom is 0.469 e. The molecule has 54 heavy (non-hydrogen) atoms. The van der Waals surface area contributed by atoms with E-state index in [0.29, 0.717) is 0 Å². The monoisotopic (exact) mass is 744 g/mol. The van der Waals surface area contributed by atoms with Gasteiger partial charge < -0.3 is 28.7 Å². The Balaban J connectivity index is 1.43. The number of hydrogen-bond acceptors (Lipinski definition) is 6. The first-order valence-corrected chi connectivity index (χ1v) is 19.4. The molecule has 6 aromatic carbocycles. The van der Waals surface area contributed by atoms with Crippen molar-refractivity contribution >= 4 is 7.82 Å². The van der Waals surface area contributed by atoms with Gasteiger partial charge in [-0.3, -0.25) is 4.52 Å². The highest BCUT2D eigenvalue weighted by Gasteiger charge is 2.41. The molecule has 8 nitrogen and oxygen atoms in total. The summed E-state index contributed by atoms with van der Waals surface area (Å²) in [5.41, 5.74) is 4.35. The number of benzene rings is 6. The topological polar surface area (TPSA) is 104 Å². The molecule has 6 aromatic rings. The van der Waals surface area contributed by atoms with Crippen molar-refractivity contribution in [1.82, 2.24) is 0 Å². The van der Waals surface area contributed by atoms with E-state index >= 15 is 0 Å². The second kappa shape index (κ2) is 19.6. The van der Waals surface area contributed by atoms with Gasteiger partial charge in [-0.15, -0.1) is 0 Å². The first-order chi connectivity index (χ1) is 26.4. The highest BCUT2D eigenvalue weighted by Crippen LogP contribution is 2.41. The fourth-order valence-electron chi connectivity index (χ4n) is 6.40. The molecule has 0 saturated carbocycles. The van der Waals surface area contributed by atoms with Crippen LogP contribution in [0.4, 0.5) is 0 Å². The van der Waals surface area contributed by atoms with Crippen molar-refractivity contribution < 1.29 is 37.8 Å². The van der Waals surface area contributed by atoms with E-state index in [2.05, 4.69) is 0 Å². The van der Waals surface area contributed by atoms with Gasteiger partial charge in [-0.05, 0) is 33.4 Å². The Morgan fingerprint density at radius 1 is 0.444 bits per heavy atom. The highest BCUT2D eigenvalue weighted by atomic mass is 31.2. The van der Waals surface area contributed by atoms with Crippen molar-refractivity contribution in [3.8, 4) is 0 Å². The third kappa shape index (κ3) is 10.9. The van der Waals surface area contributed by atoms with Crippen LogP contribution in [0.3, 0.4) is 0 Å². The predicted molar refractivity (Wildman–Crippen MR) is 208 cm³/mol. The van der Waals surface area contributed by atoms with Crippen LogP contribution in [-0.4, -0.2) is 41.3 Å². The zero-order chi connectivity index (χ0) is 37.5. The molecule has 0 aromatic heterocycles. The molecule has 6 rings (SSSR count). The Hall–Kier alpha value is -4.73. The number of hydrogen-bond donors (Lipinski definition) is 2. The summed E-state index contributed by atoms with van der Waals surface area (Å²) in [6, 6.07) is 59.1. The summed E-state index contributed by atoms with van der Waals surface area (Å²) in [6.07, 6.45) is -2.75. The van der Waals surface area contributed by atoms with Crippen LogP contribution >= 0.6 is 7.82 Å². The summed E-state index contributed by atoms with van der Waals surface area (Å²) >= 11 is 0. The van der Waals surface area contributed by atoms with Gasteiger partial charge >= 0.3 is 7.82 Å². The molecule has 0 aliphatic carbocycles. The lowest BCUT2D eigenvalue weighted by Crippen LogP contribution is -2.48. The molecule has 0 spiro atoms. The van der Waals surface area contributed by atoms with E-state index in [1.807, 2.05) is 182 Å². The van der Waals surface area contributed by atoms with E-state index in [-0.39, 0.29) is 26.4 Å². The smallest absolute Gasteiger partial charge is 0.368 e. The number of phosphoric acid groups is 1. The molecule has 2 N–H and O–H groups in total. The van der Waals surface area contributed by atoms with Crippen LogP contribution < -0.4 is 0 Å². The Labute approximate surface area is 317 Å². The van der Waals surface area contributed by atoms with E-state index in [9.17, 15) is 14.4 Å². The van der Waals surface area contributed by atoms with Gasteiger partial charge in [-0.1, -0.05) is 182 Å². The van der Waals surface area contributed by atoms with Crippen molar-refractivity contribution in [3.63, 3.8) is 0 Å². The van der Waals surface area contributed by atoms with Crippen LogP contribution in [0.15, 0.2) is 182 Å². The number of rotatable bonds is 20. The van der Waals surface area contributed by atoms with Gasteiger partial charge in [0.2, 0.25) is 0 Å². The van der Waals surface area contributed by atoms with Crippen LogP contribution in [0.5, 0.6) is 0 Å². The molecule has 0 unspecified atom stereocenters. The lowest BCUT2D eigenvalue weighted by Gasteiger charge is -2.39. The lowest BCUT2D eigenvalue weighted by molar-refractivity contribution is -0.182. The Kier molecular flexibility index (Phi) is 14.1. The van der Waals surface area contributed by atoms with Crippen molar-refractivity contribution in [2.45, 2.75) is 43.7 Å². The van der Waals surface area contributed by atoms with Gasteiger partial charge in [-0.25, -0.2) is 4.57 Å². The summed E-state index contributed by atoms with van der Waals surface area (Å²) in [6.45, 7) is 0.0311. The van der Waals surface area contributed by atoms with Crippen molar-refractivity contribution in [2.24, 2.45) is 0 Å². The fourth-order valence-corrected chi connectivity index (χ4v) is 6.74. The van der Waals surface area contributed by atoms with Gasteiger partial charge in [-0.2, -0.15) is 0 Å². The third-order valence-electron chi connectivity index (χ3n) is 9.04. The Morgan fingerprint density at radius 2 is 0.759 bits per heavy atom. The molecule has 0 aliphatic rings. The molecule has 0 fully saturated rings. The van der Waals surface area contributed by atoms with E-state index in [1.54, 1.807) is 0 Å². The average Bonchev–Trinajstić information content (AvgIpc) is 3.22. The second-order valence-electron chi connectivity index (χ2n) is 12.8. The Morgan fingerprint density at radius 3 is 1.11 bits per heavy atom. The van der Waals surface area contributed by atoms with Gasteiger partial charge in [0.05, 0.1) is 33.0 Å². The zero-order valence-corrected chi connectivity index (χ0v) is 30.8. The first kappa shape index (κ1) is 39.0. The molecule has 0 amide bonds. The zero-order valence-electron chi connectivity index (χ0n) is 29.9. The average molecular weight is 745 g/mol. The fraction of sp³-hybridized carbons (Fsp3) is 0.200. The summed E-state index contributed by atoms with van der Waals surface area (Å²) in [4.78, 5) is 19.7.